The normalized spacial score (nSPS) is 16.0. The van der Waals surface area contributed by atoms with Gasteiger partial charge in [-0.3, -0.25) is 18.5 Å². The van der Waals surface area contributed by atoms with Crippen LogP contribution in [0.15, 0.2) is 62.8 Å². The second-order valence-corrected chi connectivity index (χ2v) is 8.40. The van der Waals surface area contributed by atoms with Crippen molar-refractivity contribution in [3.63, 3.8) is 0 Å². The van der Waals surface area contributed by atoms with Gasteiger partial charge in [0, 0.05) is 14.1 Å². The van der Waals surface area contributed by atoms with Crippen LogP contribution in [-0.4, -0.2) is 33.7 Å². The second-order valence-electron chi connectivity index (χ2n) is 6.98. The summed E-state index contributed by atoms with van der Waals surface area (Å²) < 4.78 is 34.6. The quantitative estimate of drug-likeness (QED) is 0.508. The summed E-state index contributed by atoms with van der Waals surface area (Å²) in [5, 5.41) is 5.44. The third kappa shape index (κ3) is 3.15. The molecular formula is C20H18N4O5S. The molecular weight excluding hydrogens is 408 g/mol. The fraction of sp³-hybridized carbons (Fsp3) is 0.150. The molecule has 154 valence electrons. The Morgan fingerprint density at radius 2 is 1.60 bits per heavy atom. The number of rotatable bonds is 3. The average Bonchev–Trinajstić information content (AvgIpc) is 3.10. The van der Waals surface area contributed by atoms with E-state index in [1.165, 1.54) is 33.8 Å². The van der Waals surface area contributed by atoms with Crippen molar-refractivity contribution in [3.05, 3.63) is 64.1 Å². The van der Waals surface area contributed by atoms with E-state index in [2.05, 4.69) is 5.10 Å². The highest BCUT2D eigenvalue weighted by atomic mass is 32.2. The summed E-state index contributed by atoms with van der Waals surface area (Å²) >= 11 is 0. The van der Waals surface area contributed by atoms with Gasteiger partial charge in [0.15, 0.2) is 0 Å². The molecule has 30 heavy (non-hydrogen) atoms. The molecule has 1 aliphatic heterocycles. The molecule has 2 heterocycles. The summed E-state index contributed by atoms with van der Waals surface area (Å²) in [4.78, 5) is 24.8. The van der Waals surface area contributed by atoms with E-state index < -0.39 is 10.1 Å². The molecule has 1 aliphatic rings. The molecule has 0 saturated carbocycles. The second kappa shape index (κ2) is 6.78. The Kier molecular flexibility index (Phi) is 4.48. The number of fused-ring (bicyclic) bond motifs is 1. The molecule has 0 spiro atoms. The Bertz CT molecular complexity index is 1430. The highest BCUT2D eigenvalue weighted by Crippen LogP contribution is 2.26. The smallest absolute Gasteiger partial charge is 0.295 e. The Labute approximate surface area is 171 Å². The van der Waals surface area contributed by atoms with Crippen LogP contribution in [0.3, 0.4) is 0 Å². The third-order valence-electron chi connectivity index (χ3n) is 5.05. The molecule has 2 aromatic carbocycles. The topological polar surface area (TPSA) is 114 Å². The summed E-state index contributed by atoms with van der Waals surface area (Å²) in [7, 11) is -0.931. The van der Waals surface area contributed by atoms with Gasteiger partial charge in [0.1, 0.15) is 0 Å². The number of hydrogen-bond donors (Lipinski definition) is 1. The number of amides is 1. The number of imidazole rings is 1. The number of nitrogens with zero attached hydrogens (tertiary/aromatic N) is 4. The van der Waals surface area contributed by atoms with Crippen LogP contribution in [0, 0.1) is 0 Å². The lowest BCUT2D eigenvalue weighted by atomic mass is 10.1. The van der Waals surface area contributed by atoms with Crippen LogP contribution >= 0.6 is 0 Å². The minimum atomic E-state index is -4.32. The van der Waals surface area contributed by atoms with E-state index in [-0.39, 0.29) is 16.5 Å². The predicted molar refractivity (Wildman–Crippen MR) is 113 cm³/mol. The maximum absolute atomic E-state index is 12.9. The first-order valence-corrected chi connectivity index (χ1v) is 10.4. The molecule has 4 rings (SSSR count). The van der Waals surface area contributed by atoms with Crippen LogP contribution in [0.25, 0.3) is 17.1 Å². The van der Waals surface area contributed by atoms with Gasteiger partial charge in [-0.25, -0.2) is 4.79 Å². The van der Waals surface area contributed by atoms with Crippen molar-refractivity contribution in [1.29, 1.82) is 0 Å². The Morgan fingerprint density at radius 1 is 0.967 bits per heavy atom. The van der Waals surface area contributed by atoms with Crippen molar-refractivity contribution in [2.75, 3.05) is 5.01 Å². The van der Waals surface area contributed by atoms with E-state index >= 15 is 0 Å². The van der Waals surface area contributed by atoms with Crippen molar-refractivity contribution in [1.82, 2.24) is 9.13 Å². The summed E-state index contributed by atoms with van der Waals surface area (Å²) in [5.41, 5.74) is 3.39. The molecule has 10 heteroatoms. The zero-order chi connectivity index (χ0) is 21.8. The maximum Gasteiger partial charge on any atom is 0.328 e. The monoisotopic (exact) mass is 426 g/mol. The summed E-state index contributed by atoms with van der Waals surface area (Å²) in [6.45, 7) is 1.70. The number of carbonyl (C=O) groups excluding carboxylic acids is 1. The van der Waals surface area contributed by atoms with Gasteiger partial charge in [-0.15, -0.1) is 0 Å². The zero-order valence-corrected chi connectivity index (χ0v) is 17.2. The van der Waals surface area contributed by atoms with E-state index in [4.69, 9.17) is 4.55 Å². The first kappa shape index (κ1) is 19.8. The number of aromatic nitrogens is 2. The highest BCUT2D eigenvalue weighted by Gasteiger charge is 2.29. The molecule has 1 N–H and O–H groups in total. The minimum Gasteiger partial charge on any atom is -0.295 e. The van der Waals surface area contributed by atoms with Crippen molar-refractivity contribution < 1.29 is 17.8 Å². The average molecular weight is 426 g/mol. The van der Waals surface area contributed by atoms with Crippen LogP contribution in [0.4, 0.5) is 5.69 Å². The standard InChI is InChI=1S/C20H18N4O5S/c1-12-16(10-13-4-9-17-18(11-13)23(3)20(26)22(17)2)19(25)24(21-12)14-5-7-15(8-6-14)30(27,28)29/h4-11H,1-3H3,(H,27,28,29)/b16-10-. The van der Waals surface area contributed by atoms with Crippen LogP contribution < -0.4 is 10.7 Å². The number of aryl methyl sites for hydroxylation is 2. The zero-order valence-electron chi connectivity index (χ0n) is 16.4. The Hall–Kier alpha value is -3.50. The SMILES string of the molecule is CC1=NN(c2ccc(S(=O)(=O)O)cc2)C(=O)/C1=C\c1ccc2c(c1)n(C)c(=O)n2C. The Morgan fingerprint density at radius 3 is 2.23 bits per heavy atom. The third-order valence-corrected chi connectivity index (χ3v) is 5.92. The fourth-order valence-electron chi connectivity index (χ4n) is 3.40. The minimum absolute atomic E-state index is 0.135. The molecule has 1 amide bonds. The van der Waals surface area contributed by atoms with Crippen molar-refractivity contribution in [2.24, 2.45) is 19.2 Å². The molecule has 9 nitrogen and oxygen atoms in total. The number of carbonyl (C=O) groups is 1. The van der Waals surface area contributed by atoms with E-state index in [1.54, 1.807) is 31.7 Å². The lowest BCUT2D eigenvalue weighted by molar-refractivity contribution is -0.114. The van der Waals surface area contributed by atoms with Crippen LogP contribution in [-0.2, 0) is 29.0 Å². The lowest BCUT2D eigenvalue weighted by Crippen LogP contribution is -2.21. The molecule has 1 aromatic heterocycles. The first-order chi connectivity index (χ1) is 14.1. The van der Waals surface area contributed by atoms with Gasteiger partial charge < -0.3 is 0 Å². The molecule has 0 radical (unpaired) electrons. The van der Waals surface area contributed by atoms with Crippen molar-refractivity contribution in [2.45, 2.75) is 11.8 Å². The van der Waals surface area contributed by atoms with Gasteiger partial charge in [-0.1, -0.05) is 6.07 Å². The number of hydrazone groups is 1. The van der Waals surface area contributed by atoms with E-state index in [9.17, 15) is 18.0 Å². The lowest BCUT2D eigenvalue weighted by Gasteiger charge is -2.12. The fourth-order valence-corrected chi connectivity index (χ4v) is 3.88. The number of hydrogen-bond acceptors (Lipinski definition) is 5. The van der Waals surface area contributed by atoms with Crippen molar-refractivity contribution >= 4 is 44.5 Å². The number of benzene rings is 2. The van der Waals surface area contributed by atoms with Gasteiger partial charge in [0.2, 0.25) is 0 Å². The van der Waals surface area contributed by atoms with Crippen molar-refractivity contribution in [3.8, 4) is 0 Å². The largest absolute Gasteiger partial charge is 0.328 e. The molecule has 0 fully saturated rings. The van der Waals surface area contributed by atoms with E-state index in [0.29, 0.717) is 17.0 Å². The molecule has 0 aliphatic carbocycles. The van der Waals surface area contributed by atoms with Crippen LogP contribution in [0.1, 0.15) is 12.5 Å². The summed E-state index contributed by atoms with van der Waals surface area (Å²) in [5.74, 6) is -0.367. The predicted octanol–water partition coefficient (Wildman–Crippen LogP) is 1.93. The molecule has 0 saturated heterocycles. The van der Waals surface area contributed by atoms with Gasteiger partial charge in [0.25, 0.3) is 16.0 Å². The molecule has 0 atom stereocenters. The van der Waals surface area contributed by atoms with Gasteiger partial charge >= 0.3 is 5.69 Å². The van der Waals surface area contributed by atoms with Gasteiger partial charge in [0.05, 0.1) is 32.9 Å². The molecule has 0 unspecified atom stereocenters. The van der Waals surface area contributed by atoms with Crippen LogP contribution in [0.5, 0.6) is 0 Å². The highest BCUT2D eigenvalue weighted by molar-refractivity contribution is 7.85. The summed E-state index contributed by atoms with van der Waals surface area (Å²) in [6, 6.07) is 10.7. The first-order valence-electron chi connectivity index (χ1n) is 8.92. The Balaban J connectivity index is 1.70. The summed E-state index contributed by atoms with van der Waals surface area (Å²) in [6.07, 6.45) is 1.70. The van der Waals surface area contributed by atoms with E-state index in [0.717, 1.165) is 16.6 Å². The number of anilines is 1. The van der Waals surface area contributed by atoms with Gasteiger partial charge in [-0.2, -0.15) is 18.5 Å². The van der Waals surface area contributed by atoms with Gasteiger partial charge in [-0.05, 0) is 55.0 Å². The molecule has 0 bridgehead atoms. The van der Waals surface area contributed by atoms with Crippen LogP contribution in [0.2, 0.25) is 0 Å². The van der Waals surface area contributed by atoms with E-state index in [1.807, 2.05) is 18.2 Å². The molecule has 3 aromatic rings. The maximum atomic E-state index is 12.9.